The molecule has 8 aromatic carbocycles. The first-order valence-electron chi connectivity index (χ1n) is 17.1. The van der Waals surface area contributed by atoms with E-state index in [0.717, 1.165) is 71.3 Å². The van der Waals surface area contributed by atoms with Crippen LogP contribution in [-0.2, 0) is 0 Å². The van der Waals surface area contributed by atoms with Crippen molar-refractivity contribution in [2.75, 3.05) is 0 Å². The Bertz CT molecular complexity index is 2840. The van der Waals surface area contributed by atoms with Crippen molar-refractivity contribution in [2.45, 2.75) is 0 Å². The fourth-order valence-electron chi connectivity index (χ4n) is 7.38. The molecule has 0 amide bonds. The van der Waals surface area contributed by atoms with Gasteiger partial charge in [0.2, 0.25) is 0 Å². The fourth-order valence-corrected chi connectivity index (χ4v) is 7.38. The molecule has 2 aromatic heterocycles. The lowest BCUT2D eigenvalue weighted by molar-refractivity contribution is 0.673. The van der Waals surface area contributed by atoms with Crippen LogP contribution in [0, 0.1) is 0 Å². The van der Waals surface area contributed by atoms with Crippen LogP contribution in [0.2, 0.25) is 0 Å². The second-order valence-electron chi connectivity index (χ2n) is 12.7. The summed E-state index contributed by atoms with van der Waals surface area (Å²) in [6, 6.07) is 61.0. The molecule has 0 fully saturated rings. The highest BCUT2D eigenvalue weighted by atomic mass is 16.3. The number of para-hydroxylation sites is 1. The number of benzene rings is 8. The van der Waals surface area contributed by atoms with Crippen LogP contribution in [0.15, 0.2) is 180 Å². The average Bonchev–Trinajstić information content (AvgIpc) is 3.61. The normalized spacial score (nSPS) is 11.5. The second kappa shape index (κ2) is 11.9. The minimum Gasteiger partial charge on any atom is -0.455 e. The fraction of sp³-hybridized carbons (Fsp3) is 0. The van der Waals surface area contributed by atoms with Gasteiger partial charge in [0, 0.05) is 32.8 Å². The Morgan fingerprint density at radius 1 is 0.314 bits per heavy atom. The highest BCUT2D eigenvalue weighted by Gasteiger charge is 2.21. The van der Waals surface area contributed by atoms with Crippen molar-refractivity contribution in [3.05, 3.63) is 176 Å². The summed E-state index contributed by atoms with van der Waals surface area (Å²) in [5.74, 6) is 1.92. The van der Waals surface area contributed by atoms with Crippen LogP contribution >= 0.6 is 0 Å². The molecule has 0 N–H and O–H groups in total. The van der Waals surface area contributed by atoms with Crippen molar-refractivity contribution in [1.29, 1.82) is 0 Å². The van der Waals surface area contributed by atoms with Crippen LogP contribution in [0.5, 0.6) is 0 Å². The first-order chi connectivity index (χ1) is 25.3. The molecule has 0 saturated heterocycles. The third-order valence-corrected chi connectivity index (χ3v) is 9.74. The molecule has 0 aliphatic rings. The van der Waals surface area contributed by atoms with E-state index in [0.29, 0.717) is 17.5 Å². The minimum atomic E-state index is 0.634. The van der Waals surface area contributed by atoms with Gasteiger partial charge in [-0.3, -0.25) is 0 Å². The Labute approximate surface area is 294 Å². The van der Waals surface area contributed by atoms with Gasteiger partial charge in [-0.25, -0.2) is 15.0 Å². The largest absolute Gasteiger partial charge is 0.455 e. The van der Waals surface area contributed by atoms with E-state index < -0.39 is 0 Å². The zero-order valence-corrected chi connectivity index (χ0v) is 27.5. The van der Waals surface area contributed by atoms with E-state index in [2.05, 4.69) is 109 Å². The third kappa shape index (κ3) is 4.88. The van der Waals surface area contributed by atoms with E-state index >= 15 is 0 Å². The molecule has 0 spiro atoms. The van der Waals surface area contributed by atoms with Gasteiger partial charge in [0.25, 0.3) is 0 Å². The van der Waals surface area contributed by atoms with E-state index in [-0.39, 0.29) is 0 Å². The molecule has 238 valence electrons. The lowest BCUT2D eigenvalue weighted by atomic mass is 9.88. The van der Waals surface area contributed by atoms with E-state index in [1.165, 1.54) is 11.1 Å². The summed E-state index contributed by atoms with van der Waals surface area (Å²) >= 11 is 0. The van der Waals surface area contributed by atoms with E-state index in [4.69, 9.17) is 19.4 Å². The first-order valence-corrected chi connectivity index (χ1v) is 17.1. The van der Waals surface area contributed by atoms with Crippen molar-refractivity contribution in [2.24, 2.45) is 0 Å². The Kier molecular flexibility index (Phi) is 6.78. The summed E-state index contributed by atoms with van der Waals surface area (Å²) in [7, 11) is 0. The molecule has 4 heteroatoms. The Morgan fingerprint density at radius 3 is 1.49 bits per heavy atom. The van der Waals surface area contributed by atoms with Crippen LogP contribution in [0.1, 0.15) is 0 Å². The van der Waals surface area contributed by atoms with Crippen LogP contribution in [0.4, 0.5) is 0 Å². The molecule has 0 unspecified atom stereocenters. The molecule has 51 heavy (non-hydrogen) atoms. The van der Waals surface area contributed by atoms with E-state index in [9.17, 15) is 0 Å². The maximum atomic E-state index is 6.71. The Morgan fingerprint density at radius 2 is 0.824 bits per heavy atom. The van der Waals surface area contributed by atoms with Gasteiger partial charge in [-0.05, 0) is 56.6 Å². The lowest BCUT2D eigenvalue weighted by Crippen LogP contribution is -2.00. The maximum absolute atomic E-state index is 6.71. The van der Waals surface area contributed by atoms with Crippen molar-refractivity contribution in [1.82, 2.24) is 15.0 Å². The Hall–Kier alpha value is -6.91. The number of fused-ring (bicyclic) bond motifs is 6. The summed E-state index contributed by atoms with van der Waals surface area (Å²) in [5, 5.41) is 6.63. The molecule has 0 radical (unpaired) electrons. The molecular weight excluding hydrogens is 623 g/mol. The zero-order chi connectivity index (χ0) is 33.7. The highest BCUT2D eigenvalue weighted by Crippen LogP contribution is 2.46. The first kappa shape index (κ1) is 29.0. The molecule has 10 rings (SSSR count). The molecule has 0 aliphatic carbocycles. The Balaban J connectivity index is 1.26. The van der Waals surface area contributed by atoms with Crippen molar-refractivity contribution in [3.8, 4) is 56.4 Å². The van der Waals surface area contributed by atoms with Gasteiger partial charge in [0.05, 0.1) is 0 Å². The third-order valence-electron chi connectivity index (χ3n) is 9.74. The second-order valence-corrected chi connectivity index (χ2v) is 12.7. The number of nitrogens with zero attached hydrogens (tertiary/aromatic N) is 3. The molecule has 0 bridgehead atoms. The standard InChI is InChI=1S/C47H29N3O/c1-4-15-30(16-5-1)33-24-14-25-37-40(33)29-41(43-39-23-12-13-26-42(39)51-44(37)43)36-27-28-38(35-22-11-10-21-34(35)36)47-49-45(31-17-6-2-7-18-31)48-46(50-47)32-19-8-3-9-20-32/h1-29H. The van der Waals surface area contributed by atoms with Gasteiger partial charge < -0.3 is 4.42 Å². The topological polar surface area (TPSA) is 51.8 Å². The number of hydrogen-bond acceptors (Lipinski definition) is 4. The number of furan rings is 1. The van der Waals surface area contributed by atoms with Crippen LogP contribution in [0.3, 0.4) is 0 Å². The highest BCUT2D eigenvalue weighted by molar-refractivity contribution is 6.24. The molecule has 4 nitrogen and oxygen atoms in total. The van der Waals surface area contributed by atoms with Gasteiger partial charge in [0.1, 0.15) is 11.2 Å². The summed E-state index contributed by atoms with van der Waals surface area (Å²) in [4.78, 5) is 15.1. The van der Waals surface area contributed by atoms with Crippen LogP contribution in [-0.4, -0.2) is 15.0 Å². The molecule has 0 atom stereocenters. The van der Waals surface area contributed by atoms with Gasteiger partial charge in [-0.1, -0.05) is 158 Å². The summed E-state index contributed by atoms with van der Waals surface area (Å²) in [6.07, 6.45) is 0. The summed E-state index contributed by atoms with van der Waals surface area (Å²) < 4.78 is 6.71. The monoisotopic (exact) mass is 651 g/mol. The van der Waals surface area contributed by atoms with Gasteiger partial charge in [-0.2, -0.15) is 0 Å². The summed E-state index contributed by atoms with van der Waals surface area (Å²) in [5.41, 5.74) is 9.19. The number of rotatable bonds is 5. The maximum Gasteiger partial charge on any atom is 0.164 e. The van der Waals surface area contributed by atoms with E-state index in [1.54, 1.807) is 0 Å². The smallest absolute Gasteiger partial charge is 0.164 e. The summed E-state index contributed by atoms with van der Waals surface area (Å²) in [6.45, 7) is 0. The average molecular weight is 652 g/mol. The van der Waals surface area contributed by atoms with Crippen LogP contribution in [0.25, 0.3) is 99.9 Å². The van der Waals surface area contributed by atoms with Crippen molar-refractivity contribution < 1.29 is 4.42 Å². The predicted molar refractivity (Wildman–Crippen MR) is 209 cm³/mol. The molecule has 10 aromatic rings. The molecule has 0 aliphatic heterocycles. The van der Waals surface area contributed by atoms with Crippen molar-refractivity contribution in [3.63, 3.8) is 0 Å². The quantitative estimate of drug-likeness (QED) is 0.186. The number of aromatic nitrogens is 3. The predicted octanol–water partition coefficient (Wildman–Crippen LogP) is 12.4. The van der Waals surface area contributed by atoms with Gasteiger partial charge >= 0.3 is 0 Å². The lowest BCUT2D eigenvalue weighted by Gasteiger charge is -2.15. The molecular formula is C47H29N3O. The number of hydrogen-bond donors (Lipinski definition) is 0. The van der Waals surface area contributed by atoms with E-state index in [1.807, 2.05) is 66.7 Å². The van der Waals surface area contributed by atoms with Crippen molar-refractivity contribution >= 4 is 43.5 Å². The minimum absolute atomic E-state index is 0.634. The van der Waals surface area contributed by atoms with Gasteiger partial charge in [-0.15, -0.1) is 0 Å². The SMILES string of the molecule is c1ccc(-c2nc(-c3ccccc3)nc(-c3ccc(-c4cc5c(-c6ccccc6)cccc5c5oc6ccccc6c45)c4ccccc34)n2)cc1. The zero-order valence-electron chi connectivity index (χ0n) is 27.5. The van der Waals surface area contributed by atoms with Crippen LogP contribution < -0.4 is 0 Å². The van der Waals surface area contributed by atoms with Gasteiger partial charge in [0.15, 0.2) is 17.5 Å². The molecule has 0 saturated carbocycles. The molecule has 2 heterocycles.